The van der Waals surface area contributed by atoms with Crippen molar-refractivity contribution >= 4 is 23.6 Å². The summed E-state index contributed by atoms with van der Waals surface area (Å²) in [5.74, 6) is -1.17. The molecule has 1 amide bonds. The Balaban J connectivity index is 1.82. The van der Waals surface area contributed by atoms with Crippen LogP contribution < -0.4 is 0 Å². The molecule has 1 N–H and O–H groups in total. The van der Waals surface area contributed by atoms with Crippen LogP contribution in [-0.2, 0) is 14.3 Å². The van der Waals surface area contributed by atoms with Gasteiger partial charge in [0.25, 0.3) is 0 Å². The van der Waals surface area contributed by atoms with Gasteiger partial charge in [-0.2, -0.15) is 0 Å². The van der Waals surface area contributed by atoms with Crippen LogP contribution in [0.5, 0.6) is 0 Å². The van der Waals surface area contributed by atoms with Crippen LogP contribution in [0, 0.1) is 5.92 Å². The molecule has 0 saturated carbocycles. The molecule has 25 heavy (non-hydrogen) atoms. The average Bonchev–Trinajstić information content (AvgIpc) is 2.74. The van der Waals surface area contributed by atoms with E-state index in [4.69, 9.17) is 4.74 Å². The first-order chi connectivity index (χ1) is 11.5. The fourth-order valence-electron chi connectivity index (χ4n) is 3.43. The highest BCUT2D eigenvalue weighted by Crippen LogP contribution is 2.56. The van der Waals surface area contributed by atoms with Gasteiger partial charge in [0.1, 0.15) is 11.6 Å². The number of carbonyl (C=O) groups is 2. The third-order valence-corrected chi connectivity index (χ3v) is 6.07. The lowest BCUT2D eigenvalue weighted by atomic mass is 9.85. The summed E-state index contributed by atoms with van der Waals surface area (Å²) in [6, 6.07) is 2.84. The highest BCUT2D eigenvalue weighted by Gasteiger charge is 2.65. The molecule has 2 aliphatic rings. The lowest BCUT2D eigenvalue weighted by Gasteiger charge is -2.46. The van der Waals surface area contributed by atoms with Gasteiger partial charge in [-0.15, -0.1) is 11.8 Å². The van der Waals surface area contributed by atoms with Gasteiger partial charge < -0.3 is 14.7 Å². The first-order valence-electron chi connectivity index (χ1n) is 8.34. The topological polar surface area (TPSA) is 79.7 Å². The molecule has 0 bridgehead atoms. The third-order valence-electron chi connectivity index (χ3n) is 4.48. The number of β-lactam (4-membered cyclic amide) rings is 1. The lowest BCUT2D eigenvalue weighted by Crippen LogP contribution is -2.64. The first-order valence-corrected chi connectivity index (χ1v) is 9.22. The van der Waals surface area contributed by atoms with Crippen molar-refractivity contribution in [3.8, 4) is 0 Å². The van der Waals surface area contributed by atoms with Crippen molar-refractivity contribution in [1.29, 1.82) is 0 Å². The SMILES string of the molecule is CC(C)(C)OC(=O)[C@@H]1N2C(=O)[C@@H](C(O)c3cccnc3)[C@H]2SC1(C)C. The summed E-state index contributed by atoms with van der Waals surface area (Å²) in [6.07, 6.45) is 2.26. The van der Waals surface area contributed by atoms with E-state index in [1.54, 1.807) is 29.4 Å². The van der Waals surface area contributed by atoms with Crippen LogP contribution in [-0.4, -0.2) is 48.6 Å². The number of aliphatic hydroxyl groups is 1. The largest absolute Gasteiger partial charge is 0.458 e. The zero-order valence-electron chi connectivity index (χ0n) is 15.1. The second-order valence-corrected chi connectivity index (χ2v) is 9.82. The third kappa shape index (κ3) is 3.15. The van der Waals surface area contributed by atoms with Gasteiger partial charge in [0.05, 0.1) is 17.4 Å². The predicted molar refractivity (Wildman–Crippen MR) is 94.6 cm³/mol. The Morgan fingerprint density at radius 2 is 2.12 bits per heavy atom. The summed E-state index contributed by atoms with van der Waals surface area (Å²) in [7, 11) is 0. The summed E-state index contributed by atoms with van der Waals surface area (Å²) in [5.41, 5.74) is -0.00188. The Kier molecular flexibility index (Phi) is 4.36. The van der Waals surface area contributed by atoms with Gasteiger partial charge in [-0.1, -0.05) is 6.07 Å². The number of ether oxygens (including phenoxy) is 1. The van der Waals surface area contributed by atoms with Crippen molar-refractivity contribution in [3.63, 3.8) is 0 Å². The molecule has 3 heterocycles. The highest BCUT2D eigenvalue weighted by molar-refractivity contribution is 8.01. The molecule has 7 heteroatoms. The Hall–Kier alpha value is -1.60. The molecule has 1 aromatic heterocycles. The number of aromatic nitrogens is 1. The maximum atomic E-state index is 12.8. The zero-order chi connectivity index (χ0) is 18.6. The Labute approximate surface area is 151 Å². The minimum atomic E-state index is -0.928. The smallest absolute Gasteiger partial charge is 0.330 e. The Morgan fingerprint density at radius 3 is 2.68 bits per heavy atom. The summed E-state index contributed by atoms with van der Waals surface area (Å²) >= 11 is 1.54. The van der Waals surface area contributed by atoms with E-state index in [0.717, 1.165) is 0 Å². The van der Waals surface area contributed by atoms with Crippen molar-refractivity contribution in [2.45, 2.75) is 62.5 Å². The van der Waals surface area contributed by atoms with Crippen LogP contribution >= 0.6 is 11.8 Å². The molecule has 1 aromatic rings. The van der Waals surface area contributed by atoms with Gasteiger partial charge in [0.15, 0.2) is 0 Å². The van der Waals surface area contributed by atoms with Gasteiger partial charge in [-0.05, 0) is 46.2 Å². The minimum Gasteiger partial charge on any atom is -0.458 e. The van der Waals surface area contributed by atoms with Crippen LogP contribution in [0.4, 0.5) is 0 Å². The molecule has 4 atom stereocenters. The number of rotatable bonds is 3. The van der Waals surface area contributed by atoms with Crippen LogP contribution in [0.1, 0.15) is 46.3 Å². The monoisotopic (exact) mass is 364 g/mol. The normalized spacial score (nSPS) is 29.0. The van der Waals surface area contributed by atoms with Gasteiger partial charge in [-0.3, -0.25) is 9.78 Å². The maximum absolute atomic E-state index is 12.8. The molecule has 136 valence electrons. The molecule has 2 aliphatic heterocycles. The van der Waals surface area contributed by atoms with E-state index in [9.17, 15) is 14.7 Å². The van der Waals surface area contributed by atoms with Crippen molar-refractivity contribution in [2.24, 2.45) is 5.92 Å². The average molecular weight is 364 g/mol. The maximum Gasteiger partial charge on any atom is 0.330 e. The Morgan fingerprint density at radius 1 is 1.44 bits per heavy atom. The summed E-state index contributed by atoms with van der Waals surface area (Å²) < 4.78 is 5.04. The van der Waals surface area contributed by atoms with E-state index in [-0.39, 0.29) is 11.3 Å². The summed E-state index contributed by atoms with van der Waals surface area (Å²) in [6.45, 7) is 9.30. The number of hydrogen-bond acceptors (Lipinski definition) is 6. The number of amides is 1. The van der Waals surface area contributed by atoms with Crippen molar-refractivity contribution in [3.05, 3.63) is 30.1 Å². The van der Waals surface area contributed by atoms with E-state index in [2.05, 4.69) is 4.98 Å². The molecule has 3 rings (SSSR count). The standard InChI is InChI=1S/C18H24N2O4S/c1-17(2,3)24-16(23)13-18(4,5)25-15-11(14(22)20(13)15)12(21)10-7-6-8-19-9-10/h6-9,11-13,15,21H,1-5H3/t11-,12?,13+,15-/m1/s1. The second kappa shape index (κ2) is 5.99. The number of esters is 1. The van der Waals surface area contributed by atoms with Gasteiger partial charge in [0.2, 0.25) is 5.91 Å². The van der Waals surface area contributed by atoms with Gasteiger partial charge in [-0.25, -0.2) is 4.79 Å². The minimum absolute atomic E-state index is 0.213. The van der Waals surface area contributed by atoms with E-state index in [1.807, 2.05) is 34.6 Å². The van der Waals surface area contributed by atoms with Crippen LogP contribution in [0.15, 0.2) is 24.5 Å². The summed E-state index contributed by atoms with van der Waals surface area (Å²) in [4.78, 5) is 31.0. The van der Waals surface area contributed by atoms with E-state index < -0.39 is 34.4 Å². The summed E-state index contributed by atoms with van der Waals surface area (Å²) in [5, 5.41) is 10.4. The van der Waals surface area contributed by atoms with Gasteiger partial charge >= 0.3 is 5.97 Å². The fourth-order valence-corrected chi connectivity index (χ4v) is 5.14. The van der Waals surface area contributed by atoms with E-state index in [1.165, 1.54) is 11.8 Å². The molecular formula is C18H24N2O4S. The van der Waals surface area contributed by atoms with Crippen LogP contribution in [0.3, 0.4) is 0 Å². The molecular weight excluding hydrogens is 340 g/mol. The number of nitrogens with zero attached hydrogens (tertiary/aromatic N) is 2. The molecule has 0 radical (unpaired) electrons. The molecule has 2 saturated heterocycles. The first kappa shape index (κ1) is 18.2. The predicted octanol–water partition coefficient (Wildman–Crippen LogP) is 2.14. The lowest BCUT2D eigenvalue weighted by molar-refractivity contribution is -0.177. The molecule has 2 fully saturated rings. The van der Waals surface area contributed by atoms with Crippen LogP contribution in [0.2, 0.25) is 0 Å². The van der Waals surface area contributed by atoms with E-state index in [0.29, 0.717) is 5.56 Å². The molecule has 6 nitrogen and oxygen atoms in total. The second-order valence-electron chi connectivity index (χ2n) is 8.05. The number of fused-ring (bicyclic) bond motifs is 1. The van der Waals surface area contributed by atoms with E-state index >= 15 is 0 Å². The van der Waals surface area contributed by atoms with Crippen molar-refractivity contribution < 1.29 is 19.4 Å². The Bertz CT molecular complexity index is 686. The molecule has 0 aliphatic carbocycles. The number of aliphatic hydroxyl groups excluding tert-OH is 1. The number of carbonyl (C=O) groups excluding carboxylic acids is 2. The van der Waals surface area contributed by atoms with Gasteiger partial charge in [0, 0.05) is 17.1 Å². The molecule has 0 spiro atoms. The fraction of sp³-hybridized carbons (Fsp3) is 0.611. The number of pyridine rings is 1. The van der Waals surface area contributed by atoms with Crippen molar-refractivity contribution in [1.82, 2.24) is 9.88 Å². The quantitative estimate of drug-likeness (QED) is 0.654. The number of hydrogen-bond donors (Lipinski definition) is 1. The molecule has 1 unspecified atom stereocenters. The highest BCUT2D eigenvalue weighted by atomic mass is 32.2. The zero-order valence-corrected chi connectivity index (χ0v) is 15.9. The van der Waals surface area contributed by atoms with Crippen molar-refractivity contribution in [2.75, 3.05) is 0 Å². The molecule has 0 aromatic carbocycles. The number of thioether (sulfide) groups is 1. The van der Waals surface area contributed by atoms with Crippen LogP contribution in [0.25, 0.3) is 0 Å².